The molecule has 0 fully saturated rings. The molecule has 1 aromatic carbocycles. The van der Waals surface area contributed by atoms with Crippen molar-refractivity contribution in [1.82, 2.24) is 5.32 Å². The van der Waals surface area contributed by atoms with Crippen LogP contribution in [0, 0.1) is 0 Å². The maximum absolute atomic E-state index is 11.8. The fraction of sp³-hybridized carbons (Fsp3) is 0.364. The Bertz CT molecular complexity index is 360. The van der Waals surface area contributed by atoms with Crippen molar-refractivity contribution in [2.75, 3.05) is 19.0 Å². The molecule has 3 nitrogen and oxygen atoms in total. The summed E-state index contributed by atoms with van der Waals surface area (Å²) in [6.45, 7) is 0.460. The van der Waals surface area contributed by atoms with Gasteiger partial charge < -0.3 is 10.1 Å². The lowest BCUT2D eigenvalue weighted by Crippen LogP contribution is -2.39. The number of amides is 1. The first-order valence-corrected chi connectivity index (χ1v) is 6.29. The van der Waals surface area contributed by atoms with Crippen LogP contribution in [0.25, 0.3) is 0 Å². The molecule has 0 aliphatic rings. The summed E-state index contributed by atoms with van der Waals surface area (Å²) in [5.41, 5.74) is 0.478. The highest BCUT2D eigenvalue weighted by molar-refractivity contribution is 9.09. The van der Waals surface area contributed by atoms with Gasteiger partial charge in [0.05, 0.1) is 23.2 Å². The molecule has 0 aromatic heterocycles. The van der Waals surface area contributed by atoms with E-state index < -0.39 is 0 Å². The van der Waals surface area contributed by atoms with Crippen molar-refractivity contribution < 1.29 is 9.53 Å². The summed E-state index contributed by atoms with van der Waals surface area (Å²) < 4.78 is 4.98. The van der Waals surface area contributed by atoms with Crippen LogP contribution >= 0.6 is 27.5 Å². The summed E-state index contributed by atoms with van der Waals surface area (Å²) in [4.78, 5) is 11.8. The van der Waals surface area contributed by atoms with E-state index in [0.29, 0.717) is 22.5 Å². The van der Waals surface area contributed by atoms with Crippen LogP contribution in [0.3, 0.4) is 0 Å². The minimum absolute atomic E-state index is 0.0613. The number of carbonyl (C=O) groups excluding carboxylic acids is 1. The number of methoxy groups -OCH3 is 1. The van der Waals surface area contributed by atoms with Crippen molar-refractivity contribution in [3.05, 3.63) is 34.9 Å². The predicted octanol–water partition coefficient (Wildman–Crippen LogP) is 2.48. The van der Waals surface area contributed by atoms with Crippen molar-refractivity contribution in [1.29, 1.82) is 0 Å². The Morgan fingerprint density at radius 1 is 1.56 bits per heavy atom. The van der Waals surface area contributed by atoms with E-state index in [0.717, 1.165) is 0 Å². The summed E-state index contributed by atoms with van der Waals surface area (Å²) in [6, 6.07) is 6.89. The van der Waals surface area contributed by atoms with E-state index in [2.05, 4.69) is 21.2 Å². The lowest BCUT2D eigenvalue weighted by Gasteiger charge is -2.15. The van der Waals surface area contributed by atoms with Crippen LogP contribution < -0.4 is 5.32 Å². The standard InChI is InChI=1S/C11H13BrClNO2/c1-16-7-8(6-12)14-11(15)9-4-2-3-5-10(9)13/h2-5,8H,6-7H2,1H3,(H,14,15). The normalized spacial score (nSPS) is 12.2. The number of benzene rings is 1. The van der Waals surface area contributed by atoms with Gasteiger partial charge in [0, 0.05) is 12.4 Å². The van der Waals surface area contributed by atoms with E-state index in [1.807, 2.05) is 0 Å². The molecule has 1 amide bonds. The van der Waals surface area contributed by atoms with Gasteiger partial charge in [-0.25, -0.2) is 0 Å². The number of nitrogens with one attached hydrogen (secondary N) is 1. The average Bonchev–Trinajstić information content (AvgIpc) is 2.28. The molecule has 5 heteroatoms. The molecule has 16 heavy (non-hydrogen) atoms. The second-order valence-corrected chi connectivity index (χ2v) is 4.31. The van der Waals surface area contributed by atoms with Gasteiger partial charge in [0.1, 0.15) is 0 Å². The van der Waals surface area contributed by atoms with Crippen LogP contribution in [-0.2, 0) is 4.74 Å². The van der Waals surface area contributed by atoms with E-state index in [4.69, 9.17) is 16.3 Å². The fourth-order valence-electron chi connectivity index (χ4n) is 1.23. The molecule has 1 atom stereocenters. The first-order chi connectivity index (χ1) is 7.69. The van der Waals surface area contributed by atoms with Gasteiger partial charge in [-0.3, -0.25) is 4.79 Å². The molecular formula is C11H13BrClNO2. The van der Waals surface area contributed by atoms with Gasteiger partial charge in [-0.1, -0.05) is 39.7 Å². The third kappa shape index (κ3) is 3.77. The topological polar surface area (TPSA) is 38.3 Å². The molecule has 1 unspecified atom stereocenters. The van der Waals surface area contributed by atoms with Crippen molar-refractivity contribution in [2.24, 2.45) is 0 Å². The average molecular weight is 307 g/mol. The highest BCUT2D eigenvalue weighted by atomic mass is 79.9. The Kier molecular flexibility index (Phi) is 5.80. The van der Waals surface area contributed by atoms with Crippen LogP contribution in [0.15, 0.2) is 24.3 Å². The summed E-state index contributed by atoms with van der Waals surface area (Å²) in [5, 5.41) is 3.92. The number of hydrogen-bond donors (Lipinski definition) is 1. The number of halogens is 2. The maximum Gasteiger partial charge on any atom is 0.253 e. The molecule has 0 saturated heterocycles. The van der Waals surface area contributed by atoms with Crippen LogP contribution in [-0.4, -0.2) is 31.0 Å². The van der Waals surface area contributed by atoms with Gasteiger partial charge in [-0.2, -0.15) is 0 Å². The molecule has 88 valence electrons. The molecule has 0 saturated carbocycles. The molecule has 0 spiro atoms. The first kappa shape index (κ1) is 13.5. The molecule has 1 N–H and O–H groups in total. The summed E-state index contributed by atoms with van der Waals surface area (Å²) in [6.07, 6.45) is 0. The maximum atomic E-state index is 11.8. The van der Waals surface area contributed by atoms with E-state index in [-0.39, 0.29) is 11.9 Å². The highest BCUT2D eigenvalue weighted by Crippen LogP contribution is 2.14. The number of carbonyl (C=O) groups is 1. The van der Waals surface area contributed by atoms with Crippen molar-refractivity contribution in [2.45, 2.75) is 6.04 Å². The second kappa shape index (κ2) is 6.89. The van der Waals surface area contributed by atoms with E-state index in [1.54, 1.807) is 31.4 Å². The van der Waals surface area contributed by atoms with Gasteiger partial charge in [-0.15, -0.1) is 0 Å². The van der Waals surface area contributed by atoms with Gasteiger partial charge in [0.15, 0.2) is 0 Å². The lowest BCUT2D eigenvalue weighted by molar-refractivity contribution is 0.0908. The zero-order valence-corrected chi connectivity index (χ0v) is 11.2. The fourth-order valence-corrected chi connectivity index (χ4v) is 1.80. The molecule has 0 aliphatic heterocycles. The van der Waals surface area contributed by atoms with Crippen LogP contribution in [0.2, 0.25) is 5.02 Å². The van der Waals surface area contributed by atoms with Gasteiger partial charge in [0.2, 0.25) is 0 Å². The Morgan fingerprint density at radius 3 is 2.81 bits per heavy atom. The number of alkyl halides is 1. The number of hydrogen-bond acceptors (Lipinski definition) is 2. The van der Waals surface area contributed by atoms with E-state index in [1.165, 1.54) is 0 Å². The number of ether oxygens (including phenoxy) is 1. The smallest absolute Gasteiger partial charge is 0.253 e. The van der Waals surface area contributed by atoms with E-state index in [9.17, 15) is 4.79 Å². The van der Waals surface area contributed by atoms with Gasteiger partial charge in [-0.05, 0) is 12.1 Å². The van der Waals surface area contributed by atoms with Crippen molar-refractivity contribution in [3.8, 4) is 0 Å². The SMILES string of the molecule is COCC(CBr)NC(=O)c1ccccc1Cl. The summed E-state index contributed by atoms with van der Waals surface area (Å²) in [5.74, 6) is -0.188. The molecule has 0 aliphatic carbocycles. The largest absolute Gasteiger partial charge is 0.383 e. The zero-order valence-electron chi connectivity index (χ0n) is 8.87. The summed E-state index contributed by atoms with van der Waals surface area (Å²) in [7, 11) is 1.59. The Hall–Kier alpha value is -0.580. The Balaban J connectivity index is 2.68. The summed E-state index contributed by atoms with van der Waals surface area (Å²) >= 11 is 9.23. The minimum Gasteiger partial charge on any atom is -0.383 e. The third-order valence-corrected chi connectivity index (χ3v) is 3.12. The second-order valence-electron chi connectivity index (χ2n) is 3.26. The Labute approximate surface area is 108 Å². The molecule has 0 heterocycles. The van der Waals surface area contributed by atoms with Gasteiger partial charge >= 0.3 is 0 Å². The van der Waals surface area contributed by atoms with Crippen LogP contribution in [0.4, 0.5) is 0 Å². The lowest BCUT2D eigenvalue weighted by atomic mass is 10.2. The molecule has 0 radical (unpaired) electrons. The van der Waals surface area contributed by atoms with Gasteiger partial charge in [0.25, 0.3) is 5.91 Å². The minimum atomic E-state index is -0.188. The molecule has 1 aromatic rings. The zero-order chi connectivity index (χ0) is 12.0. The quantitative estimate of drug-likeness (QED) is 0.849. The molecule has 1 rings (SSSR count). The van der Waals surface area contributed by atoms with Crippen molar-refractivity contribution in [3.63, 3.8) is 0 Å². The predicted molar refractivity (Wildman–Crippen MR) is 68.4 cm³/mol. The highest BCUT2D eigenvalue weighted by Gasteiger charge is 2.14. The van der Waals surface area contributed by atoms with Crippen LogP contribution in [0.1, 0.15) is 10.4 Å². The van der Waals surface area contributed by atoms with Crippen molar-refractivity contribution >= 4 is 33.4 Å². The monoisotopic (exact) mass is 305 g/mol. The molecular weight excluding hydrogens is 293 g/mol. The molecule has 0 bridgehead atoms. The third-order valence-electron chi connectivity index (χ3n) is 2.01. The van der Waals surface area contributed by atoms with E-state index >= 15 is 0 Å². The first-order valence-electron chi connectivity index (χ1n) is 4.79. The van der Waals surface area contributed by atoms with Crippen LogP contribution in [0.5, 0.6) is 0 Å². The number of rotatable bonds is 5. The Morgan fingerprint density at radius 2 is 2.25 bits per heavy atom.